The smallest absolute Gasteiger partial charge is 0.219 e. The van der Waals surface area contributed by atoms with E-state index < -0.39 is 9.04 Å². The summed E-state index contributed by atoms with van der Waals surface area (Å²) in [7, 11) is -0.418. The van der Waals surface area contributed by atoms with Gasteiger partial charge in [0.05, 0.1) is 0 Å². The molecule has 0 aliphatic rings. The van der Waals surface area contributed by atoms with Gasteiger partial charge in [-0.15, -0.1) is 6.58 Å². The molecular formula is C8H12OSi2. The van der Waals surface area contributed by atoms with Crippen molar-refractivity contribution in [1.29, 1.82) is 0 Å². The van der Waals surface area contributed by atoms with Gasteiger partial charge in [-0.1, -0.05) is 36.0 Å². The van der Waals surface area contributed by atoms with Crippen LogP contribution >= 0.6 is 0 Å². The van der Waals surface area contributed by atoms with Crippen LogP contribution in [0, 0.1) is 0 Å². The van der Waals surface area contributed by atoms with Gasteiger partial charge in [-0.05, 0) is 5.19 Å². The van der Waals surface area contributed by atoms with E-state index >= 15 is 0 Å². The molecule has 1 rings (SSSR count). The monoisotopic (exact) mass is 180 g/mol. The SMILES string of the molecule is C=C[SiH](O[SiH3])c1ccccc1. The second-order valence-corrected chi connectivity index (χ2v) is 6.17. The molecule has 1 aromatic carbocycles. The third-order valence-electron chi connectivity index (χ3n) is 1.60. The van der Waals surface area contributed by atoms with E-state index in [1.807, 2.05) is 23.9 Å². The molecule has 0 radical (unpaired) electrons. The van der Waals surface area contributed by atoms with E-state index in [1.165, 1.54) is 5.19 Å². The molecule has 0 spiro atoms. The fourth-order valence-electron chi connectivity index (χ4n) is 1.01. The average molecular weight is 180 g/mol. The van der Waals surface area contributed by atoms with Crippen LogP contribution in [0.2, 0.25) is 0 Å². The van der Waals surface area contributed by atoms with Crippen LogP contribution in [0.4, 0.5) is 0 Å². The quantitative estimate of drug-likeness (QED) is 0.577. The lowest BCUT2D eigenvalue weighted by molar-refractivity contribution is 0.660. The van der Waals surface area contributed by atoms with E-state index in [9.17, 15) is 0 Å². The molecule has 0 aliphatic carbocycles. The number of benzene rings is 1. The van der Waals surface area contributed by atoms with Crippen molar-refractivity contribution in [2.24, 2.45) is 0 Å². The molecular weight excluding hydrogens is 168 g/mol. The Kier molecular flexibility index (Phi) is 3.29. The van der Waals surface area contributed by atoms with Crippen molar-refractivity contribution in [3.63, 3.8) is 0 Å². The zero-order chi connectivity index (χ0) is 8.10. The lowest BCUT2D eigenvalue weighted by Gasteiger charge is -2.07. The second kappa shape index (κ2) is 4.28. The summed E-state index contributed by atoms with van der Waals surface area (Å²) in [4.78, 5) is 0. The lowest BCUT2D eigenvalue weighted by Crippen LogP contribution is -2.30. The topological polar surface area (TPSA) is 9.23 Å². The maximum absolute atomic E-state index is 5.45. The molecule has 0 N–H and O–H groups in total. The normalized spacial score (nSPS) is 12.7. The minimum atomic E-state index is -1.22. The molecule has 1 nitrogen and oxygen atoms in total. The van der Waals surface area contributed by atoms with Crippen molar-refractivity contribution < 1.29 is 4.12 Å². The van der Waals surface area contributed by atoms with Gasteiger partial charge in [0.2, 0.25) is 9.04 Å². The Morgan fingerprint density at radius 2 is 2.00 bits per heavy atom. The largest absolute Gasteiger partial charge is 0.460 e. The minimum absolute atomic E-state index is 0.807. The minimum Gasteiger partial charge on any atom is -0.460 e. The molecule has 0 amide bonds. The van der Waals surface area contributed by atoms with Crippen LogP contribution < -0.4 is 5.19 Å². The van der Waals surface area contributed by atoms with Crippen molar-refractivity contribution >= 4 is 24.7 Å². The molecule has 0 bridgehead atoms. The van der Waals surface area contributed by atoms with E-state index in [2.05, 4.69) is 18.7 Å². The maximum atomic E-state index is 5.45. The van der Waals surface area contributed by atoms with Gasteiger partial charge in [0.15, 0.2) is 0 Å². The van der Waals surface area contributed by atoms with Crippen molar-refractivity contribution in [1.82, 2.24) is 0 Å². The lowest BCUT2D eigenvalue weighted by atomic mass is 10.4. The first-order valence-corrected chi connectivity index (χ1v) is 6.12. The van der Waals surface area contributed by atoms with Crippen LogP contribution in [0.3, 0.4) is 0 Å². The Labute approximate surface area is 72.0 Å². The highest BCUT2D eigenvalue weighted by molar-refractivity contribution is 6.74. The van der Waals surface area contributed by atoms with Crippen LogP contribution in [0.25, 0.3) is 0 Å². The average Bonchev–Trinajstić information content (AvgIpc) is 2.09. The number of hydrogen-bond acceptors (Lipinski definition) is 1. The van der Waals surface area contributed by atoms with Crippen LogP contribution in [-0.4, -0.2) is 19.5 Å². The highest BCUT2D eigenvalue weighted by atomic mass is 28.3. The molecule has 0 aliphatic heterocycles. The summed E-state index contributed by atoms with van der Waals surface area (Å²) in [6.07, 6.45) is 0. The summed E-state index contributed by atoms with van der Waals surface area (Å²) in [5.41, 5.74) is 1.96. The van der Waals surface area contributed by atoms with Gasteiger partial charge in [0.1, 0.15) is 10.5 Å². The van der Waals surface area contributed by atoms with Crippen LogP contribution in [0.5, 0.6) is 0 Å². The Bertz CT molecular complexity index is 223. The van der Waals surface area contributed by atoms with E-state index in [0.717, 1.165) is 10.5 Å². The third kappa shape index (κ3) is 2.15. The fourth-order valence-corrected chi connectivity index (χ4v) is 3.74. The zero-order valence-corrected chi connectivity index (χ0v) is 9.81. The van der Waals surface area contributed by atoms with Crippen molar-refractivity contribution in [3.8, 4) is 0 Å². The molecule has 0 fully saturated rings. The first-order valence-electron chi connectivity index (χ1n) is 3.58. The molecule has 0 saturated heterocycles. The standard InChI is InChI=1S/C8H12OSi2/c1-2-11(9-10)8-6-4-3-5-7-8/h2-7,11H,1H2,10H3. The molecule has 1 unspecified atom stereocenters. The molecule has 1 aromatic rings. The van der Waals surface area contributed by atoms with Crippen molar-refractivity contribution in [2.45, 2.75) is 0 Å². The summed E-state index contributed by atoms with van der Waals surface area (Å²) in [5.74, 6) is 0. The molecule has 1 atom stereocenters. The summed E-state index contributed by atoms with van der Waals surface area (Å²) in [6, 6.07) is 10.3. The van der Waals surface area contributed by atoms with Crippen LogP contribution in [-0.2, 0) is 4.12 Å². The molecule has 0 saturated carbocycles. The van der Waals surface area contributed by atoms with E-state index in [4.69, 9.17) is 4.12 Å². The van der Waals surface area contributed by atoms with E-state index in [1.54, 1.807) is 0 Å². The van der Waals surface area contributed by atoms with Gasteiger partial charge in [0, 0.05) is 0 Å². The predicted molar refractivity (Wildman–Crippen MR) is 54.4 cm³/mol. The molecule has 0 aromatic heterocycles. The molecule has 11 heavy (non-hydrogen) atoms. The summed E-state index contributed by atoms with van der Waals surface area (Å²) >= 11 is 0. The Morgan fingerprint density at radius 3 is 2.45 bits per heavy atom. The first-order chi connectivity index (χ1) is 5.38. The van der Waals surface area contributed by atoms with Gasteiger partial charge in [-0.3, -0.25) is 0 Å². The summed E-state index contributed by atoms with van der Waals surface area (Å²) in [6.45, 7) is 3.77. The second-order valence-electron chi connectivity index (χ2n) is 2.30. The highest BCUT2D eigenvalue weighted by Crippen LogP contribution is 1.89. The van der Waals surface area contributed by atoms with Crippen molar-refractivity contribution in [2.75, 3.05) is 0 Å². The Hall–Kier alpha value is -0.646. The number of rotatable bonds is 3. The van der Waals surface area contributed by atoms with Crippen LogP contribution in [0.15, 0.2) is 42.6 Å². The number of hydrogen-bond donors (Lipinski definition) is 0. The third-order valence-corrected chi connectivity index (χ3v) is 5.10. The zero-order valence-electron chi connectivity index (χ0n) is 6.66. The summed E-state index contributed by atoms with van der Waals surface area (Å²) in [5, 5.41) is 1.32. The highest BCUT2D eigenvalue weighted by Gasteiger charge is 2.05. The predicted octanol–water partition coefficient (Wildman–Crippen LogP) is -0.360. The Morgan fingerprint density at radius 1 is 1.36 bits per heavy atom. The van der Waals surface area contributed by atoms with Crippen LogP contribution in [0.1, 0.15) is 0 Å². The molecule has 0 heterocycles. The van der Waals surface area contributed by atoms with Gasteiger partial charge < -0.3 is 4.12 Å². The van der Waals surface area contributed by atoms with Gasteiger partial charge >= 0.3 is 0 Å². The summed E-state index contributed by atoms with van der Waals surface area (Å²) < 4.78 is 5.45. The van der Waals surface area contributed by atoms with Gasteiger partial charge in [-0.25, -0.2) is 0 Å². The molecule has 58 valence electrons. The van der Waals surface area contributed by atoms with E-state index in [0.29, 0.717) is 0 Å². The fraction of sp³-hybridized carbons (Fsp3) is 0. The van der Waals surface area contributed by atoms with Gasteiger partial charge in [-0.2, -0.15) is 0 Å². The Balaban J connectivity index is 2.82. The van der Waals surface area contributed by atoms with Crippen molar-refractivity contribution in [3.05, 3.63) is 42.6 Å². The molecule has 3 heteroatoms. The van der Waals surface area contributed by atoms with Gasteiger partial charge in [0.25, 0.3) is 0 Å². The maximum Gasteiger partial charge on any atom is 0.219 e. The first kappa shape index (κ1) is 8.45. The van der Waals surface area contributed by atoms with E-state index in [-0.39, 0.29) is 0 Å².